The molecule has 1 aliphatic rings. The third-order valence-electron chi connectivity index (χ3n) is 4.91. The van der Waals surface area contributed by atoms with Gasteiger partial charge in [0.25, 0.3) is 0 Å². The number of nitrogens with one attached hydrogen (secondary N) is 1. The van der Waals surface area contributed by atoms with Crippen molar-refractivity contribution in [1.29, 1.82) is 0 Å². The molecule has 0 saturated carbocycles. The number of amides is 2. The number of hydrogen-bond acceptors (Lipinski definition) is 4. The molecule has 0 spiro atoms. The molecule has 2 aromatic carbocycles. The lowest BCUT2D eigenvalue weighted by Crippen LogP contribution is -2.46. The van der Waals surface area contributed by atoms with Gasteiger partial charge in [0.05, 0.1) is 0 Å². The van der Waals surface area contributed by atoms with Crippen LogP contribution < -0.4 is 14.8 Å². The molecule has 6 nitrogen and oxygen atoms in total. The summed E-state index contributed by atoms with van der Waals surface area (Å²) in [6, 6.07) is 12.4. The fourth-order valence-corrected chi connectivity index (χ4v) is 3.34. The first-order chi connectivity index (χ1) is 14.0. The minimum absolute atomic E-state index is 0.0917. The first-order valence-corrected chi connectivity index (χ1v) is 9.99. The molecule has 2 amide bonds. The van der Waals surface area contributed by atoms with Gasteiger partial charge in [-0.1, -0.05) is 29.8 Å². The third kappa shape index (κ3) is 5.41. The first kappa shape index (κ1) is 21.0. The summed E-state index contributed by atoms with van der Waals surface area (Å²) in [4.78, 5) is 26.8. The Hall–Kier alpha value is -2.73. The summed E-state index contributed by atoms with van der Waals surface area (Å²) in [7, 11) is 1.57. The van der Waals surface area contributed by atoms with E-state index in [2.05, 4.69) is 5.32 Å². The van der Waals surface area contributed by atoms with E-state index in [4.69, 9.17) is 21.1 Å². The Kier molecular flexibility index (Phi) is 6.99. The SMILES string of the molecule is CNC(=O)C(C)N(Cc1ccc(Cl)cc1)C(=O)CCc1ccc2c(c1)OCCO2. The molecule has 0 aliphatic carbocycles. The van der Waals surface area contributed by atoms with Crippen LogP contribution in [0, 0.1) is 0 Å². The molecule has 7 heteroatoms. The van der Waals surface area contributed by atoms with Crippen molar-refractivity contribution in [3.05, 3.63) is 58.6 Å². The average Bonchev–Trinajstić information content (AvgIpc) is 2.75. The monoisotopic (exact) mass is 416 g/mol. The van der Waals surface area contributed by atoms with E-state index in [-0.39, 0.29) is 18.2 Å². The minimum atomic E-state index is -0.580. The number of halogens is 1. The molecule has 29 heavy (non-hydrogen) atoms. The number of nitrogens with zero attached hydrogens (tertiary/aromatic N) is 1. The Morgan fingerprint density at radius 1 is 1.07 bits per heavy atom. The number of carbonyl (C=O) groups excluding carboxylic acids is 2. The van der Waals surface area contributed by atoms with Crippen LogP contribution in [0.3, 0.4) is 0 Å². The van der Waals surface area contributed by atoms with Crippen LogP contribution in [0.4, 0.5) is 0 Å². The van der Waals surface area contributed by atoms with Crippen LogP contribution >= 0.6 is 11.6 Å². The summed E-state index contributed by atoms with van der Waals surface area (Å²) >= 11 is 5.95. The number of hydrogen-bond donors (Lipinski definition) is 1. The lowest BCUT2D eigenvalue weighted by molar-refractivity contribution is -0.140. The zero-order valence-corrected chi connectivity index (χ0v) is 17.4. The molecule has 0 saturated heterocycles. The number of carbonyl (C=O) groups is 2. The molecule has 0 bridgehead atoms. The average molecular weight is 417 g/mol. The van der Waals surface area contributed by atoms with Crippen LogP contribution in [-0.4, -0.2) is 43.0 Å². The second-order valence-corrected chi connectivity index (χ2v) is 7.35. The second-order valence-electron chi connectivity index (χ2n) is 6.92. The smallest absolute Gasteiger partial charge is 0.242 e. The van der Waals surface area contributed by atoms with Gasteiger partial charge in [0.1, 0.15) is 19.3 Å². The molecule has 1 unspecified atom stereocenters. The highest BCUT2D eigenvalue weighted by molar-refractivity contribution is 6.30. The second kappa shape index (κ2) is 9.65. The highest BCUT2D eigenvalue weighted by Gasteiger charge is 2.25. The van der Waals surface area contributed by atoms with E-state index in [1.54, 1.807) is 31.0 Å². The van der Waals surface area contributed by atoms with E-state index in [1.165, 1.54) is 0 Å². The van der Waals surface area contributed by atoms with E-state index in [1.807, 2.05) is 30.3 Å². The molecule has 0 radical (unpaired) electrons. The molecule has 2 aromatic rings. The topological polar surface area (TPSA) is 67.9 Å². The van der Waals surface area contributed by atoms with Crippen LogP contribution in [-0.2, 0) is 22.6 Å². The summed E-state index contributed by atoms with van der Waals surface area (Å²) < 4.78 is 11.1. The van der Waals surface area contributed by atoms with E-state index in [0.29, 0.717) is 37.0 Å². The number of ether oxygens (including phenoxy) is 2. The maximum Gasteiger partial charge on any atom is 0.242 e. The summed E-state index contributed by atoms with van der Waals surface area (Å²) in [5.74, 6) is 1.14. The molecule has 0 fully saturated rings. The van der Waals surface area contributed by atoms with Crippen molar-refractivity contribution in [1.82, 2.24) is 10.2 Å². The van der Waals surface area contributed by atoms with Crippen molar-refractivity contribution in [2.75, 3.05) is 20.3 Å². The van der Waals surface area contributed by atoms with E-state index in [0.717, 1.165) is 16.9 Å². The molecule has 1 aliphatic heterocycles. The molecule has 3 rings (SSSR count). The standard InChI is InChI=1S/C22H25ClN2O4/c1-15(22(27)24-2)25(14-17-3-7-18(23)8-4-17)21(26)10-6-16-5-9-19-20(13-16)29-12-11-28-19/h3-5,7-9,13,15H,6,10-12,14H2,1-2H3,(H,24,27). The summed E-state index contributed by atoms with van der Waals surface area (Å²) in [6.45, 7) is 3.14. The van der Waals surface area contributed by atoms with Gasteiger partial charge >= 0.3 is 0 Å². The van der Waals surface area contributed by atoms with Crippen molar-refractivity contribution in [3.8, 4) is 11.5 Å². The van der Waals surface area contributed by atoms with Crippen LogP contribution in [0.2, 0.25) is 5.02 Å². The number of benzene rings is 2. The lowest BCUT2D eigenvalue weighted by Gasteiger charge is -2.28. The van der Waals surface area contributed by atoms with E-state index in [9.17, 15) is 9.59 Å². The third-order valence-corrected chi connectivity index (χ3v) is 5.17. The predicted octanol–water partition coefficient (Wildman–Crippen LogP) is 3.21. The van der Waals surface area contributed by atoms with Crippen molar-refractivity contribution >= 4 is 23.4 Å². The maximum absolute atomic E-state index is 13.0. The van der Waals surface area contributed by atoms with Gasteiger partial charge in [-0.25, -0.2) is 0 Å². The quantitative estimate of drug-likeness (QED) is 0.752. The fraction of sp³-hybridized carbons (Fsp3) is 0.364. The highest BCUT2D eigenvalue weighted by atomic mass is 35.5. The maximum atomic E-state index is 13.0. The molecule has 154 valence electrons. The van der Waals surface area contributed by atoms with E-state index < -0.39 is 6.04 Å². The van der Waals surface area contributed by atoms with Gasteiger partial charge in [0, 0.05) is 25.0 Å². The largest absolute Gasteiger partial charge is 0.486 e. The summed E-state index contributed by atoms with van der Waals surface area (Å²) in [5, 5.41) is 3.25. The van der Waals surface area contributed by atoms with Crippen molar-refractivity contribution in [3.63, 3.8) is 0 Å². The Bertz CT molecular complexity index is 870. The highest BCUT2D eigenvalue weighted by Crippen LogP contribution is 2.31. The number of rotatable bonds is 7. The first-order valence-electron chi connectivity index (χ1n) is 9.62. The fourth-order valence-electron chi connectivity index (χ4n) is 3.22. The van der Waals surface area contributed by atoms with Gasteiger partial charge in [-0.05, 0) is 48.7 Å². The van der Waals surface area contributed by atoms with Crippen LogP contribution in [0.1, 0.15) is 24.5 Å². The van der Waals surface area contributed by atoms with Crippen LogP contribution in [0.5, 0.6) is 11.5 Å². The van der Waals surface area contributed by atoms with Crippen molar-refractivity contribution in [2.45, 2.75) is 32.4 Å². The Morgan fingerprint density at radius 2 is 1.72 bits per heavy atom. The van der Waals surface area contributed by atoms with Gasteiger partial charge in [-0.15, -0.1) is 0 Å². The van der Waals surface area contributed by atoms with Crippen molar-refractivity contribution < 1.29 is 19.1 Å². The zero-order chi connectivity index (χ0) is 20.8. The molecule has 1 N–H and O–H groups in total. The molecule has 1 heterocycles. The summed E-state index contributed by atoms with van der Waals surface area (Å²) in [6.07, 6.45) is 0.835. The number of likely N-dealkylation sites (N-methyl/N-ethyl adjacent to an activating group) is 1. The molecule has 1 atom stereocenters. The molecule has 0 aromatic heterocycles. The number of aryl methyl sites for hydroxylation is 1. The minimum Gasteiger partial charge on any atom is -0.486 e. The molecular weight excluding hydrogens is 392 g/mol. The number of fused-ring (bicyclic) bond motifs is 1. The van der Waals surface area contributed by atoms with E-state index >= 15 is 0 Å². The Labute approximate surface area is 175 Å². The van der Waals surface area contributed by atoms with Crippen LogP contribution in [0.25, 0.3) is 0 Å². The Balaban J connectivity index is 1.70. The van der Waals surface area contributed by atoms with Gasteiger partial charge in [0.15, 0.2) is 11.5 Å². The lowest BCUT2D eigenvalue weighted by atomic mass is 10.1. The van der Waals surface area contributed by atoms with Gasteiger partial charge in [-0.3, -0.25) is 9.59 Å². The van der Waals surface area contributed by atoms with Gasteiger partial charge < -0.3 is 19.7 Å². The zero-order valence-electron chi connectivity index (χ0n) is 16.6. The van der Waals surface area contributed by atoms with Crippen LogP contribution in [0.15, 0.2) is 42.5 Å². The van der Waals surface area contributed by atoms with Crippen molar-refractivity contribution in [2.24, 2.45) is 0 Å². The molecular formula is C22H25ClN2O4. The normalized spacial score (nSPS) is 13.5. The Morgan fingerprint density at radius 3 is 2.41 bits per heavy atom. The summed E-state index contributed by atoms with van der Waals surface area (Å²) in [5.41, 5.74) is 1.90. The predicted molar refractivity (Wildman–Crippen MR) is 111 cm³/mol. The van der Waals surface area contributed by atoms with Gasteiger partial charge in [-0.2, -0.15) is 0 Å². The van der Waals surface area contributed by atoms with Gasteiger partial charge in [0.2, 0.25) is 11.8 Å².